The van der Waals surface area contributed by atoms with Crippen molar-refractivity contribution in [3.05, 3.63) is 14.6 Å². The van der Waals surface area contributed by atoms with E-state index in [-0.39, 0.29) is 0 Å². The minimum absolute atomic E-state index is 0.468. The maximum atomic E-state index is 5.25. The highest BCUT2D eigenvalue weighted by molar-refractivity contribution is 7.74. The molecule has 1 aromatic rings. The van der Waals surface area contributed by atoms with Crippen molar-refractivity contribution in [2.45, 2.75) is 26.2 Å². The molecule has 0 fully saturated rings. The molecule has 0 aliphatic rings. The van der Waals surface area contributed by atoms with E-state index in [0.29, 0.717) is 5.92 Å². The van der Waals surface area contributed by atoms with Gasteiger partial charge in [0, 0.05) is 6.54 Å². The molecule has 0 radical (unpaired) electrons. The van der Waals surface area contributed by atoms with Crippen LogP contribution in [0.25, 0.3) is 0 Å². The SMILES string of the molecule is CC(C)c1c(NCCCN(C)C)c(=S)c1=S. The molecule has 0 unspecified atom stereocenters. The van der Waals surface area contributed by atoms with Crippen LogP contribution in [0.15, 0.2) is 0 Å². The molecule has 1 aromatic carbocycles. The highest BCUT2D eigenvalue weighted by Gasteiger charge is 2.16. The average Bonchev–Trinajstić information content (AvgIpc) is 2.20. The molecular weight excluding hydrogens is 236 g/mol. The summed E-state index contributed by atoms with van der Waals surface area (Å²) in [5, 5.41) is 3.41. The number of rotatable bonds is 6. The normalized spacial score (nSPS) is 11.6. The van der Waals surface area contributed by atoms with Gasteiger partial charge in [0.2, 0.25) is 0 Å². The Morgan fingerprint density at radius 3 is 2.31 bits per heavy atom. The fraction of sp³-hybridized carbons (Fsp3) is 0.667. The summed E-state index contributed by atoms with van der Waals surface area (Å²) in [5.41, 5.74) is 2.36. The number of hydrogen-bond donors (Lipinski definition) is 1. The van der Waals surface area contributed by atoms with Crippen molar-refractivity contribution in [3.8, 4) is 0 Å². The monoisotopic (exact) mass is 256 g/mol. The molecular formula is C12H20N2S2. The number of hydrogen-bond acceptors (Lipinski definition) is 4. The van der Waals surface area contributed by atoms with Crippen LogP contribution >= 0.6 is 24.4 Å². The Bertz CT molecular complexity index is 415. The topological polar surface area (TPSA) is 15.3 Å². The maximum Gasteiger partial charge on any atom is 0.0796 e. The molecule has 2 nitrogen and oxygen atoms in total. The van der Waals surface area contributed by atoms with E-state index in [1.807, 2.05) is 0 Å². The van der Waals surface area contributed by atoms with Gasteiger partial charge >= 0.3 is 0 Å². The zero-order valence-electron chi connectivity index (χ0n) is 10.5. The third-order valence-corrected chi connectivity index (χ3v) is 3.57. The molecule has 0 aliphatic heterocycles. The van der Waals surface area contributed by atoms with Crippen LogP contribution in [0.2, 0.25) is 0 Å². The smallest absolute Gasteiger partial charge is 0.0796 e. The van der Waals surface area contributed by atoms with E-state index >= 15 is 0 Å². The van der Waals surface area contributed by atoms with Crippen molar-refractivity contribution in [1.29, 1.82) is 0 Å². The molecule has 0 amide bonds. The molecule has 16 heavy (non-hydrogen) atoms. The fourth-order valence-corrected chi connectivity index (χ4v) is 2.48. The quantitative estimate of drug-likeness (QED) is 0.618. The summed E-state index contributed by atoms with van der Waals surface area (Å²) in [5.74, 6) is 0.468. The predicted molar refractivity (Wildman–Crippen MR) is 76.2 cm³/mol. The lowest BCUT2D eigenvalue weighted by Gasteiger charge is -2.19. The molecule has 0 heterocycles. The van der Waals surface area contributed by atoms with Gasteiger partial charge in [-0.15, -0.1) is 0 Å². The number of nitrogens with zero attached hydrogens (tertiary/aromatic N) is 1. The van der Waals surface area contributed by atoms with E-state index < -0.39 is 0 Å². The van der Waals surface area contributed by atoms with Crippen molar-refractivity contribution in [3.63, 3.8) is 0 Å². The molecule has 4 heteroatoms. The summed E-state index contributed by atoms with van der Waals surface area (Å²) in [6.45, 7) is 6.37. The lowest BCUT2D eigenvalue weighted by molar-refractivity contribution is 0.405. The van der Waals surface area contributed by atoms with Gasteiger partial charge in [0.1, 0.15) is 0 Å². The third kappa shape index (κ3) is 3.09. The minimum Gasteiger partial charge on any atom is -0.384 e. The van der Waals surface area contributed by atoms with Gasteiger partial charge in [-0.3, -0.25) is 0 Å². The van der Waals surface area contributed by atoms with Gasteiger partial charge in [-0.05, 0) is 38.5 Å². The second-order valence-electron chi connectivity index (χ2n) is 4.69. The average molecular weight is 256 g/mol. The Morgan fingerprint density at radius 2 is 1.81 bits per heavy atom. The Hall–Kier alpha value is -0.320. The first-order chi connectivity index (χ1) is 7.45. The Morgan fingerprint density at radius 1 is 1.19 bits per heavy atom. The van der Waals surface area contributed by atoms with Crippen LogP contribution in [-0.4, -0.2) is 32.1 Å². The molecule has 1 rings (SSSR count). The molecule has 0 saturated heterocycles. The van der Waals surface area contributed by atoms with Crippen LogP contribution in [0, 0.1) is 9.02 Å². The van der Waals surface area contributed by atoms with E-state index in [0.717, 1.165) is 34.2 Å². The van der Waals surface area contributed by atoms with Crippen LogP contribution < -0.4 is 5.32 Å². The molecule has 0 saturated carbocycles. The summed E-state index contributed by atoms with van der Waals surface area (Å²) >= 11 is 10.5. The van der Waals surface area contributed by atoms with Crippen LogP contribution in [0.5, 0.6) is 0 Å². The van der Waals surface area contributed by atoms with E-state index in [9.17, 15) is 0 Å². The fourth-order valence-electron chi connectivity index (χ4n) is 1.74. The summed E-state index contributed by atoms with van der Waals surface area (Å²) in [6.07, 6.45) is 1.12. The van der Waals surface area contributed by atoms with Crippen molar-refractivity contribution < 1.29 is 0 Å². The van der Waals surface area contributed by atoms with E-state index in [4.69, 9.17) is 24.4 Å². The van der Waals surface area contributed by atoms with Crippen LogP contribution in [0.4, 0.5) is 5.69 Å². The minimum atomic E-state index is 0.468. The number of anilines is 1. The lowest BCUT2D eigenvalue weighted by atomic mass is 9.97. The maximum absolute atomic E-state index is 5.25. The lowest BCUT2D eigenvalue weighted by Crippen LogP contribution is -2.17. The standard InChI is InChI=1S/C12H20N2S2/c1-8(2)9-10(12(16)11(9)15)13-6-5-7-14(3)4/h8,13H,5-7H2,1-4H3. The van der Waals surface area contributed by atoms with Crippen LogP contribution in [0.1, 0.15) is 31.7 Å². The molecule has 0 atom stereocenters. The van der Waals surface area contributed by atoms with Crippen molar-refractivity contribution >= 4 is 30.1 Å². The van der Waals surface area contributed by atoms with Crippen LogP contribution in [0.3, 0.4) is 0 Å². The molecule has 0 aliphatic carbocycles. The summed E-state index contributed by atoms with van der Waals surface area (Å²) in [4.78, 5) is 2.18. The second kappa shape index (κ2) is 5.84. The van der Waals surface area contributed by atoms with Gasteiger partial charge in [-0.1, -0.05) is 38.3 Å². The van der Waals surface area contributed by atoms with Gasteiger partial charge in [0.15, 0.2) is 0 Å². The molecule has 0 aromatic heterocycles. The van der Waals surface area contributed by atoms with Crippen molar-refractivity contribution in [2.75, 3.05) is 32.5 Å². The highest BCUT2D eigenvalue weighted by Crippen LogP contribution is 2.32. The van der Waals surface area contributed by atoms with Gasteiger partial charge in [-0.25, -0.2) is 0 Å². The van der Waals surface area contributed by atoms with Gasteiger partial charge in [0.25, 0.3) is 0 Å². The first kappa shape index (κ1) is 13.7. The third-order valence-electron chi connectivity index (χ3n) is 2.61. The Balaban J connectivity index is 2.52. The first-order valence-electron chi connectivity index (χ1n) is 5.67. The molecule has 1 N–H and O–H groups in total. The van der Waals surface area contributed by atoms with Crippen molar-refractivity contribution in [1.82, 2.24) is 4.90 Å². The predicted octanol–water partition coefficient (Wildman–Crippen LogP) is 3.51. The summed E-state index contributed by atoms with van der Waals surface area (Å²) in [6, 6.07) is 0. The van der Waals surface area contributed by atoms with Crippen molar-refractivity contribution in [2.24, 2.45) is 0 Å². The first-order valence-corrected chi connectivity index (χ1v) is 6.48. The van der Waals surface area contributed by atoms with E-state index in [1.54, 1.807) is 0 Å². The largest absolute Gasteiger partial charge is 0.384 e. The van der Waals surface area contributed by atoms with Crippen LogP contribution in [-0.2, 0) is 0 Å². The molecule has 0 spiro atoms. The summed E-state index contributed by atoms with van der Waals surface area (Å²) < 4.78 is 1.74. The highest BCUT2D eigenvalue weighted by atomic mass is 32.1. The molecule has 0 bridgehead atoms. The van der Waals surface area contributed by atoms with Gasteiger partial charge in [-0.2, -0.15) is 0 Å². The van der Waals surface area contributed by atoms with Gasteiger partial charge < -0.3 is 10.2 Å². The zero-order chi connectivity index (χ0) is 12.3. The van der Waals surface area contributed by atoms with E-state index in [1.165, 1.54) is 5.56 Å². The second-order valence-corrected chi connectivity index (χ2v) is 5.50. The van der Waals surface area contributed by atoms with E-state index in [2.05, 4.69) is 38.2 Å². The Kier molecular flexibility index (Phi) is 5.02. The summed E-state index contributed by atoms with van der Waals surface area (Å²) in [7, 11) is 4.17. The molecule has 90 valence electrons. The Labute approximate surface area is 108 Å². The number of nitrogens with one attached hydrogen (secondary N) is 1. The zero-order valence-corrected chi connectivity index (χ0v) is 12.1. The van der Waals surface area contributed by atoms with Gasteiger partial charge in [0.05, 0.1) is 14.7 Å².